The number of hydrogen-bond acceptors (Lipinski definition) is 2. The number of nitrogens with two attached hydrogens (primary N) is 1. The van der Waals surface area contributed by atoms with Gasteiger partial charge < -0.3 is 10.6 Å². The minimum Gasteiger partial charge on any atom is -0.341 e. The zero-order valence-corrected chi connectivity index (χ0v) is 12.1. The number of amides is 1. The second-order valence-electron chi connectivity index (χ2n) is 5.43. The van der Waals surface area contributed by atoms with E-state index in [1.807, 2.05) is 36.2 Å². The average Bonchev–Trinajstić information content (AvgIpc) is 2.41. The lowest BCUT2D eigenvalue weighted by atomic mass is 9.85. The van der Waals surface area contributed by atoms with Crippen LogP contribution in [0.1, 0.15) is 31.2 Å². The maximum Gasteiger partial charge on any atom is 0.225 e. The maximum atomic E-state index is 12.3. The molecule has 1 fully saturated rings. The Balaban J connectivity index is 1.90. The second-order valence-corrected chi connectivity index (χ2v) is 5.87. The summed E-state index contributed by atoms with van der Waals surface area (Å²) < 4.78 is 0. The van der Waals surface area contributed by atoms with E-state index < -0.39 is 0 Å². The summed E-state index contributed by atoms with van der Waals surface area (Å²) in [6.07, 6.45) is 3.77. The molecule has 1 aliphatic carbocycles. The molecule has 4 heteroatoms. The quantitative estimate of drug-likeness (QED) is 0.925. The van der Waals surface area contributed by atoms with Crippen LogP contribution in [0, 0.1) is 5.92 Å². The third-order valence-corrected chi connectivity index (χ3v) is 4.08. The molecule has 2 rings (SSSR count). The summed E-state index contributed by atoms with van der Waals surface area (Å²) in [4.78, 5) is 14.1. The number of hydrogen-bond donors (Lipinski definition) is 1. The third kappa shape index (κ3) is 3.95. The molecule has 0 unspecified atom stereocenters. The molecule has 3 nitrogen and oxygen atoms in total. The first-order chi connectivity index (χ1) is 9.06. The van der Waals surface area contributed by atoms with Gasteiger partial charge in [-0.3, -0.25) is 4.79 Å². The van der Waals surface area contributed by atoms with E-state index in [0.717, 1.165) is 36.3 Å². The first-order valence-corrected chi connectivity index (χ1v) is 7.19. The van der Waals surface area contributed by atoms with E-state index in [9.17, 15) is 4.79 Å². The summed E-state index contributed by atoms with van der Waals surface area (Å²) >= 11 is 5.85. The molecular formula is C15H21ClN2O. The van der Waals surface area contributed by atoms with Gasteiger partial charge in [-0.25, -0.2) is 0 Å². The molecule has 1 aromatic carbocycles. The molecule has 1 aromatic rings. The van der Waals surface area contributed by atoms with Crippen LogP contribution in [-0.2, 0) is 11.3 Å². The average molecular weight is 281 g/mol. The predicted molar refractivity (Wildman–Crippen MR) is 77.9 cm³/mol. The lowest BCUT2D eigenvalue weighted by Gasteiger charge is -2.29. The van der Waals surface area contributed by atoms with Crippen molar-refractivity contribution in [3.05, 3.63) is 34.9 Å². The number of halogens is 1. The lowest BCUT2D eigenvalue weighted by Crippen LogP contribution is -2.37. The third-order valence-electron chi connectivity index (χ3n) is 3.83. The van der Waals surface area contributed by atoms with Crippen LogP contribution in [0.4, 0.5) is 0 Å². The van der Waals surface area contributed by atoms with E-state index >= 15 is 0 Å². The van der Waals surface area contributed by atoms with Gasteiger partial charge in [0, 0.05) is 30.6 Å². The van der Waals surface area contributed by atoms with Crippen LogP contribution in [0.2, 0.25) is 5.02 Å². The van der Waals surface area contributed by atoms with Gasteiger partial charge in [0.15, 0.2) is 0 Å². The summed E-state index contributed by atoms with van der Waals surface area (Å²) in [5.74, 6) is 0.388. The van der Waals surface area contributed by atoms with Crippen molar-refractivity contribution in [1.29, 1.82) is 0 Å². The highest BCUT2D eigenvalue weighted by atomic mass is 35.5. The molecular weight excluding hydrogens is 260 g/mol. The molecule has 0 saturated heterocycles. The zero-order chi connectivity index (χ0) is 13.8. The van der Waals surface area contributed by atoms with Crippen LogP contribution in [0.3, 0.4) is 0 Å². The molecule has 0 aliphatic heterocycles. The van der Waals surface area contributed by atoms with Crippen molar-refractivity contribution in [2.75, 3.05) is 7.05 Å². The van der Waals surface area contributed by atoms with E-state index in [-0.39, 0.29) is 17.9 Å². The van der Waals surface area contributed by atoms with E-state index in [2.05, 4.69) is 0 Å². The topological polar surface area (TPSA) is 46.3 Å². The SMILES string of the molecule is CN(Cc1ccc(Cl)cc1)C(=O)C1CCC(N)CC1. The highest BCUT2D eigenvalue weighted by molar-refractivity contribution is 6.30. The van der Waals surface area contributed by atoms with Crippen LogP contribution >= 0.6 is 11.6 Å². The summed E-state index contributed by atoms with van der Waals surface area (Å²) in [6.45, 7) is 0.637. The summed E-state index contributed by atoms with van der Waals surface area (Å²) in [6, 6.07) is 7.92. The molecule has 104 valence electrons. The molecule has 0 atom stereocenters. The van der Waals surface area contributed by atoms with E-state index in [0.29, 0.717) is 6.54 Å². The van der Waals surface area contributed by atoms with Gasteiger partial charge >= 0.3 is 0 Å². The van der Waals surface area contributed by atoms with E-state index in [1.165, 1.54) is 0 Å². The fraction of sp³-hybridized carbons (Fsp3) is 0.533. The van der Waals surface area contributed by atoms with Gasteiger partial charge in [0.25, 0.3) is 0 Å². The number of carbonyl (C=O) groups is 1. The molecule has 1 aliphatic rings. The number of carbonyl (C=O) groups excluding carboxylic acids is 1. The summed E-state index contributed by atoms with van der Waals surface area (Å²) in [5, 5.41) is 0.721. The van der Waals surface area contributed by atoms with E-state index in [1.54, 1.807) is 0 Å². The highest BCUT2D eigenvalue weighted by Crippen LogP contribution is 2.25. The number of nitrogens with zero attached hydrogens (tertiary/aromatic N) is 1. The molecule has 0 spiro atoms. The Morgan fingerprint density at radius 3 is 2.42 bits per heavy atom. The van der Waals surface area contributed by atoms with Crippen molar-refractivity contribution in [2.45, 2.75) is 38.3 Å². The molecule has 0 aromatic heterocycles. The van der Waals surface area contributed by atoms with Crippen LogP contribution < -0.4 is 5.73 Å². The first kappa shape index (κ1) is 14.4. The monoisotopic (exact) mass is 280 g/mol. The fourth-order valence-corrected chi connectivity index (χ4v) is 2.75. The fourth-order valence-electron chi connectivity index (χ4n) is 2.62. The van der Waals surface area contributed by atoms with Crippen LogP contribution in [0.25, 0.3) is 0 Å². The van der Waals surface area contributed by atoms with Gasteiger partial charge in [0.1, 0.15) is 0 Å². The number of benzene rings is 1. The second kappa shape index (κ2) is 6.40. The van der Waals surface area contributed by atoms with Crippen LogP contribution in [0.15, 0.2) is 24.3 Å². The van der Waals surface area contributed by atoms with Gasteiger partial charge in [-0.1, -0.05) is 23.7 Å². The Hall–Kier alpha value is -1.06. The summed E-state index contributed by atoms with van der Waals surface area (Å²) in [7, 11) is 1.87. The Morgan fingerprint density at radius 2 is 1.84 bits per heavy atom. The first-order valence-electron chi connectivity index (χ1n) is 6.81. The van der Waals surface area contributed by atoms with Crippen molar-refractivity contribution < 1.29 is 4.79 Å². The molecule has 1 saturated carbocycles. The largest absolute Gasteiger partial charge is 0.341 e. The molecule has 2 N–H and O–H groups in total. The standard InChI is InChI=1S/C15H21ClN2O/c1-18(10-11-2-6-13(16)7-3-11)15(19)12-4-8-14(17)9-5-12/h2-3,6-7,12,14H,4-5,8-10,17H2,1H3. The van der Waals surface area contributed by atoms with Crippen molar-refractivity contribution in [2.24, 2.45) is 11.7 Å². The van der Waals surface area contributed by atoms with Crippen molar-refractivity contribution in [3.63, 3.8) is 0 Å². The van der Waals surface area contributed by atoms with Crippen LogP contribution in [0.5, 0.6) is 0 Å². The molecule has 0 radical (unpaired) electrons. The normalized spacial score (nSPS) is 23.1. The minimum absolute atomic E-state index is 0.150. The van der Waals surface area contributed by atoms with E-state index in [4.69, 9.17) is 17.3 Å². The minimum atomic E-state index is 0.150. The Morgan fingerprint density at radius 1 is 1.26 bits per heavy atom. The van der Waals surface area contributed by atoms with Gasteiger partial charge in [-0.2, -0.15) is 0 Å². The van der Waals surface area contributed by atoms with Gasteiger partial charge in [-0.05, 0) is 43.4 Å². The molecule has 0 bridgehead atoms. The van der Waals surface area contributed by atoms with Crippen molar-refractivity contribution in [1.82, 2.24) is 4.90 Å². The van der Waals surface area contributed by atoms with Crippen molar-refractivity contribution in [3.8, 4) is 0 Å². The Kier molecular flexibility index (Phi) is 4.83. The molecule has 0 heterocycles. The van der Waals surface area contributed by atoms with Crippen LogP contribution in [-0.4, -0.2) is 23.9 Å². The summed E-state index contributed by atoms with van der Waals surface area (Å²) in [5.41, 5.74) is 6.98. The van der Waals surface area contributed by atoms with Gasteiger partial charge in [0.05, 0.1) is 0 Å². The van der Waals surface area contributed by atoms with Crippen molar-refractivity contribution >= 4 is 17.5 Å². The van der Waals surface area contributed by atoms with Gasteiger partial charge in [-0.15, -0.1) is 0 Å². The smallest absolute Gasteiger partial charge is 0.225 e. The molecule has 1 amide bonds. The Bertz CT molecular complexity index is 424. The lowest BCUT2D eigenvalue weighted by molar-refractivity contribution is -0.135. The highest BCUT2D eigenvalue weighted by Gasteiger charge is 2.26. The Labute approximate surface area is 119 Å². The van der Waals surface area contributed by atoms with Gasteiger partial charge in [0.2, 0.25) is 5.91 Å². The zero-order valence-electron chi connectivity index (χ0n) is 11.3. The maximum absolute atomic E-state index is 12.3. The molecule has 19 heavy (non-hydrogen) atoms. The predicted octanol–water partition coefficient (Wildman–Crippen LogP) is 2.82. The number of rotatable bonds is 3.